The van der Waals surface area contributed by atoms with Gasteiger partial charge in [0, 0.05) is 5.25 Å². The fourth-order valence-electron chi connectivity index (χ4n) is 2.19. The lowest BCUT2D eigenvalue weighted by Crippen LogP contribution is -2.12. The van der Waals surface area contributed by atoms with E-state index in [4.69, 9.17) is 0 Å². The summed E-state index contributed by atoms with van der Waals surface area (Å²) >= 11 is 2.09. The zero-order valence-corrected chi connectivity index (χ0v) is 9.41. The number of hydrogen-bond acceptors (Lipinski definition) is 1. The second-order valence-corrected chi connectivity index (χ2v) is 5.73. The summed E-state index contributed by atoms with van der Waals surface area (Å²) in [5.41, 5.74) is 1.46. The van der Waals surface area contributed by atoms with Gasteiger partial charge in [-0.15, -0.1) is 11.8 Å². The average molecular weight is 214 g/mol. The van der Waals surface area contributed by atoms with Gasteiger partial charge in [-0.3, -0.25) is 0 Å². The molecule has 0 nitrogen and oxygen atoms in total. The summed E-state index contributed by atoms with van der Waals surface area (Å²) in [5.74, 6) is 0. The summed E-state index contributed by atoms with van der Waals surface area (Å²) in [5, 5.41) is 0.756. The fraction of sp³-hybridized carbons (Fsp3) is 0.286. The molecule has 0 spiro atoms. The summed E-state index contributed by atoms with van der Waals surface area (Å²) in [6.07, 6.45) is 11.5. The molecule has 0 aromatic heterocycles. The van der Waals surface area contributed by atoms with E-state index in [1.54, 1.807) is 0 Å². The summed E-state index contributed by atoms with van der Waals surface area (Å²) in [6.45, 7) is 0. The number of hydrogen-bond donors (Lipinski definition) is 0. The summed E-state index contributed by atoms with van der Waals surface area (Å²) < 4.78 is 0.449. The second kappa shape index (κ2) is 3.57. The van der Waals surface area contributed by atoms with E-state index in [1.807, 2.05) is 0 Å². The van der Waals surface area contributed by atoms with Gasteiger partial charge in [-0.05, 0) is 18.4 Å². The molecule has 0 bridgehead atoms. The first kappa shape index (κ1) is 9.29. The van der Waals surface area contributed by atoms with Crippen molar-refractivity contribution in [2.24, 2.45) is 0 Å². The van der Waals surface area contributed by atoms with Gasteiger partial charge in [-0.2, -0.15) is 0 Å². The number of thioether (sulfide) groups is 1. The highest BCUT2D eigenvalue weighted by Gasteiger charge is 2.51. The van der Waals surface area contributed by atoms with Crippen LogP contribution in [0.3, 0.4) is 0 Å². The van der Waals surface area contributed by atoms with Gasteiger partial charge in [-0.1, -0.05) is 54.6 Å². The molecule has 15 heavy (non-hydrogen) atoms. The van der Waals surface area contributed by atoms with Crippen molar-refractivity contribution in [3.8, 4) is 0 Å². The van der Waals surface area contributed by atoms with E-state index in [1.165, 1.54) is 18.4 Å². The van der Waals surface area contributed by atoms with Crippen molar-refractivity contribution in [2.75, 3.05) is 0 Å². The van der Waals surface area contributed by atoms with Crippen molar-refractivity contribution >= 4 is 11.8 Å². The molecule has 1 heterocycles. The Morgan fingerprint density at radius 3 is 2.80 bits per heavy atom. The number of benzene rings is 1. The van der Waals surface area contributed by atoms with Crippen LogP contribution in [-0.4, -0.2) is 10.00 Å². The third-order valence-electron chi connectivity index (χ3n) is 3.19. The van der Waals surface area contributed by atoms with Crippen molar-refractivity contribution < 1.29 is 0 Å². The van der Waals surface area contributed by atoms with E-state index < -0.39 is 0 Å². The van der Waals surface area contributed by atoms with Crippen LogP contribution in [0.4, 0.5) is 0 Å². The summed E-state index contributed by atoms with van der Waals surface area (Å²) in [7, 11) is 0. The topological polar surface area (TPSA) is 0 Å². The standard InChI is InChI=1S/C14H14S/c1-2-6-12(7-3-1)9-11-14-10-5-4-8-13(14)15-14/h1-8,10,13H,9,11H2. The Morgan fingerprint density at radius 2 is 2.00 bits per heavy atom. The zero-order chi connectivity index (χ0) is 10.1. The van der Waals surface area contributed by atoms with Gasteiger partial charge in [0.2, 0.25) is 0 Å². The van der Waals surface area contributed by atoms with Crippen LogP contribution >= 0.6 is 11.8 Å². The molecule has 0 radical (unpaired) electrons. The molecule has 1 heteroatoms. The lowest BCUT2D eigenvalue weighted by molar-refractivity contribution is 0.719. The first-order valence-corrected chi connectivity index (χ1v) is 6.35. The minimum atomic E-state index is 0.449. The number of rotatable bonds is 3. The lowest BCUT2D eigenvalue weighted by Gasteiger charge is -2.11. The van der Waals surface area contributed by atoms with Gasteiger partial charge in [-0.25, -0.2) is 0 Å². The lowest BCUT2D eigenvalue weighted by atomic mass is 9.93. The van der Waals surface area contributed by atoms with Gasteiger partial charge in [0.15, 0.2) is 0 Å². The van der Waals surface area contributed by atoms with Crippen molar-refractivity contribution in [2.45, 2.75) is 22.8 Å². The molecule has 0 saturated carbocycles. The molecule has 3 rings (SSSR count). The predicted molar refractivity (Wildman–Crippen MR) is 67.2 cm³/mol. The van der Waals surface area contributed by atoms with Crippen LogP contribution in [0, 0.1) is 0 Å². The van der Waals surface area contributed by atoms with Crippen LogP contribution in [-0.2, 0) is 6.42 Å². The second-order valence-electron chi connectivity index (χ2n) is 4.22. The maximum atomic E-state index is 2.38. The molecule has 1 fully saturated rings. The Bertz CT molecular complexity index is 405. The highest BCUT2D eigenvalue weighted by molar-refractivity contribution is 8.09. The molecule has 1 aromatic rings. The maximum absolute atomic E-state index is 2.38. The van der Waals surface area contributed by atoms with Crippen molar-refractivity contribution in [3.05, 3.63) is 60.2 Å². The molecular formula is C14H14S. The Kier molecular flexibility index (Phi) is 2.21. The van der Waals surface area contributed by atoms with E-state index >= 15 is 0 Å². The first-order chi connectivity index (χ1) is 7.39. The molecule has 2 atom stereocenters. The highest BCUT2D eigenvalue weighted by atomic mass is 32.2. The van der Waals surface area contributed by atoms with Crippen LogP contribution in [0.15, 0.2) is 54.6 Å². The summed E-state index contributed by atoms with van der Waals surface area (Å²) in [4.78, 5) is 0. The van der Waals surface area contributed by atoms with Crippen LogP contribution in [0.25, 0.3) is 0 Å². The first-order valence-electron chi connectivity index (χ1n) is 5.47. The maximum Gasteiger partial charge on any atom is 0.0505 e. The molecule has 76 valence electrons. The van der Waals surface area contributed by atoms with Crippen LogP contribution in [0.1, 0.15) is 12.0 Å². The molecule has 1 saturated heterocycles. The average Bonchev–Trinajstić information content (AvgIpc) is 3.03. The van der Waals surface area contributed by atoms with Gasteiger partial charge < -0.3 is 0 Å². The van der Waals surface area contributed by atoms with Crippen molar-refractivity contribution in [1.29, 1.82) is 0 Å². The third kappa shape index (κ3) is 1.76. The molecule has 0 amide bonds. The summed E-state index contributed by atoms with van der Waals surface area (Å²) in [6, 6.07) is 10.8. The van der Waals surface area contributed by atoms with Crippen molar-refractivity contribution in [3.63, 3.8) is 0 Å². The van der Waals surface area contributed by atoms with Crippen LogP contribution in [0.2, 0.25) is 0 Å². The normalized spacial score (nSPS) is 31.3. The smallest absolute Gasteiger partial charge is 0.0505 e. The Morgan fingerprint density at radius 1 is 1.13 bits per heavy atom. The Balaban J connectivity index is 1.64. The Labute approximate surface area is 95.1 Å². The van der Waals surface area contributed by atoms with Gasteiger partial charge >= 0.3 is 0 Å². The molecule has 1 aromatic carbocycles. The van der Waals surface area contributed by atoms with E-state index in [9.17, 15) is 0 Å². The molecule has 2 aliphatic rings. The minimum absolute atomic E-state index is 0.449. The quantitative estimate of drug-likeness (QED) is 0.693. The predicted octanol–water partition coefficient (Wildman–Crippen LogP) is 3.60. The van der Waals surface area contributed by atoms with Crippen molar-refractivity contribution in [1.82, 2.24) is 0 Å². The number of fused-ring (bicyclic) bond motifs is 1. The van der Waals surface area contributed by atoms with E-state index in [2.05, 4.69) is 66.4 Å². The molecule has 0 N–H and O–H groups in total. The van der Waals surface area contributed by atoms with Gasteiger partial charge in [0.1, 0.15) is 0 Å². The minimum Gasteiger partial charge on any atom is -0.140 e. The van der Waals surface area contributed by atoms with E-state index in [0.717, 1.165) is 5.25 Å². The van der Waals surface area contributed by atoms with E-state index in [-0.39, 0.29) is 0 Å². The van der Waals surface area contributed by atoms with Gasteiger partial charge in [0.05, 0.1) is 4.75 Å². The van der Waals surface area contributed by atoms with Gasteiger partial charge in [0.25, 0.3) is 0 Å². The highest BCUT2D eigenvalue weighted by Crippen LogP contribution is 2.59. The Hall–Kier alpha value is -0.950. The van der Waals surface area contributed by atoms with Crippen LogP contribution < -0.4 is 0 Å². The fourth-order valence-corrected chi connectivity index (χ4v) is 3.42. The van der Waals surface area contributed by atoms with E-state index in [0.29, 0.717) is 4.75 Å². The molecule has 1 aliphatic carbocycles. The molecule has 1 aliphatic heterocycles. The largest absolute Gasteiger partial charge is 0.140 e. The zero-order valence-electron chi connectivity index (χ0n) is 8.60. The molecule has 2 unspecified atom stereocenters. The monoisotopic (exact) mass is 214 g/mol. The number of aryl methyl sites for hydroxylation is 1. The third-order valence-corrected chi connectivity index (χ3v) is 4.80. The van der Waals surface area contributed by atoms with Crippen LogP contribution in [0.5, 0.6) is 0 Å². The molecular weight excluding hydrogens is 200 g/mol. The SMILES string of the molecule is C1=CC2SC2(CCc2ccccc2)C=C1. The number of allylic oxidation sites excluding steroid dienone is 2.